The lowest BCUT2D eigenvalue weighted by molar-refractivity contribution is -0.119. The van der Waals surface area contributed by atoms with E-state index in [1.165, 1.54) is 16.7 Å². The number of aryl methyl sites for hydroxylation is 2. The molecule has 0 N–H and O–H groups in total. The predicted molar refractivity (Wildman–Crippen MR) is 126 cm³/mol. The van der Waals surface area contributed by atoms with E-state index in [-0.39, 0.29) is 11.8 Å². The lowest BCUT2D eigenvalue weighted by Crippen LogP contribution is -2.31. The lowest BCUT2D eigenvalue weighted by Gasteiger charge is -2.17. The number of amides is 2. The first-order valence-corrected chi connectivity index (χ1v) is 11.0. The fourth-order valence-electron chi connectivity index (χ4n) is 3.78. The average Bonchev–Trinajstić information content (AvgIpc) is 3.01. The molecule has 5 heteroatoms. The van der Waals surface area contributed by atoms with Gasteiger partial charge >= 0.3 is 0 Å². The van der Waals surface area contributed by atoms with Gasteiger partial charge in [-0.2, -0.15) is 0 Å². The van der Waals surface area contributed by atoms with Gasteiger partial charge in [-0.3, -0.25) is 9.59 Å². The van der Waals surface area contributed by atoms with E-state index in [9.17, 15) is 9.59 Å². The fourth-order valence-corrected chi connectivity index (χ4v) is 4.84. The second-order valence-electron chi connectivity index (χ2n) is 7.47. The van der Waals surface area contributed by atoms with Gasteiger partial charge in [0.25, 0.3) is 11.8 Å². The Labute approximate surface area is 186 Å². The van der Waals surface area contributed by atoms with Crippen LogP contribution in [0.2, 0.25) is 0 Å². The van der Waals surface area contributed by atoms with Crippen molar-refractivity contribution in [1.29, 1.82) is 0 Å². The van der Waals surface area contributed by atoms with Gasteiger partial charge in [-0.05, 0) is 48.7 Å². The van der Waals surface area contributed by atoms with Crippen molar-refractivity contribution in [3.05, 3.63) is 100.0 Å². The molecule has 4 nitrogen and oxygen atoms in total. The molecule has 0 bridgehead atoms. The second kappa shape index (κ2) is 8.82. The molecular formula is C26H23NO3S. The molecule has 1 heterocycles. The van der Waals surface area contributed by atoms with Gasteiger partial charge in [0.1, 0.15) is 5.75 Å². The summed E-state index contributed by atoms with van der Waals surface area (Å²) in [7, 11) is 1.57. The van der Waals surface area contributed by atoms with Crippen LogP contribution in [0.4, 0.5) is 5.69 Å². The van der Waals surface area contributed by atoms with Crippen LogP contribution in [0.5, 0.6) is 5.75 Å². The van der Waals surface area contributed by atoms with Crippen molar-refractivity contribution in [2.75, 3.05) is 12.0 Å². The Morgan fingerprint density at radius 3 is 2.16 bits per heavy atom. The molecule has 2 amide bonds. The molecule has 0 aliphatic carbocycles. The minimum absolute atomic E-state index is 0.295. The number of thioether (sulfide) groups is 1. The number of benzene rings is 3. The second-order valence-corrected chi connectivity index (χ2v) is 8.46. The summed E-state index contributed by atoms with van der Waals surface area (Å²) in [6, 6.07) is 23.0. The van der Waals surface area contributed by atoms with Gasteiger partial charge in [0.15, 0.2) is 0 Å². The van der Waals surface area contributed by atoms with Crippen LogP contribution in [0.3, 0.4) is 0 Å². The molecule has 0 atom stereocenters. The number of anilines is 1. The Bertz CT molecular complexity index is 1160. The van der Waals surface area contributed by atoms with E-state index in [0.29, 0.717) is 33.2 Å². The summed E-state index contributed by atoms with van der Waals surface area (Å²) in [5.41, 5.74) is 4.70. The zero-order chi connectivity index (χ0) is 22.0. The topological polar surface area (TPSA) is 46.6 Å². The highest BCUT2D eigenvalue weighted by Gasteiger charge is 2.41. The molecule has 3 aromatic carbocycles. The van der Waals surface area contributed by atoms with Crippen molar-refractivity contribution in [3.63, 3.8) is 0 Å². The maximum atomic E-state index is 13.6. The molecule has 0 spiro atoms. The highest BCUT2D eigenvalue weighted by Crippen LogP contribution is 2.42. The number of methoxy groups -OCH3 is 1. The molecule has 0 fully saturated rings. The van der Waals surface area contributed by atoms with Gasteiger partial charge in [-0.1, -0.05) is 54.6 Å². The summed E-state index contributed by atoms with van der Waals surface area (Å²) < 4.78 is 5.51. The lowest BCUT2D eigenvalue weighted by atomic mass is 10.0. The van der Waals surface area contributed by atoms with Gasteiger partial charge in [0, 0.05) is 11.3 Å². The van der Waals surface area contributed by atoms with E-state index in [1.54, 1.807) is 13.2 Å². The third kappa shape index (κ3) is 4.14. The molecule has 31 heavy (non-hydrogen) atoms. The van der Waals surface area contributed by atoms with Crippen LogP contribution in [-0.2, 0) is 15.3 Å². The van der Waals surface area contributed by atoms with Crippen LogP contribution in [0.15, 0.2) is 77.7 Å². The molecule has 4 rings (SSSR count). The monoisotopic (exact) mass is 429 g/mol. The van der Waals surface area contributed by atoms with Crippen LogP contribution in [0.1, 0.15) is 22.3 Å². The van der Waals surface area contributed by atoms with Gasteiger partial charge in [-0.15, -0.1) is 11.8 Å². The summed E-state index contributed by atoms with van der Waals surface area (Å²) in [4.78, 5) is 28.9. The third-order valence-electron chi connectivity index (χ3n) is 5.11. The van der Waals surface area contributed by atoms with E-state index >= 15 is 0 Å². The molecular weight excluding hydrogens is 406 g/mol. The third-order valence-corrected chi connectivity index (χ3v) is 6.25. The minimum Gasteiger partial charge on any atom is -0.496 e. The Morgan fingerprint density at radius 2 is 1.48 bits per heavy atom. The summed E-state index contributed by atoms with van der Waals surface area (Å²) in [5, 5.41) is 0. The largest absolute Gasteiger partial charge is 0.496 e. The summed E-state index contributed by atoms with van der Waals surface area (Å²) in [6.07, 6.45) is 0. The van der Waals surface area contributed by atoms with Crippen LogP contribution >= 0.6 is 11.8 Å². The van der Waals surface area contributed by atoms with Crippen LogP contribution < -0.4 is 9.64 Å². The number of nitrogens with zero attached hydrogens (tertiary/aromatic N) is 1. The van der Waals surface area contributed by atoms with E-state index < -0.39 is 0 Å². The van der Waals surface area contributed by atoms with Crippen molar-refractivity contribution >= 4 is 34.8 Å². The predicted octanol–water partition coefficient (Wildman–Crippen LogP) is 5.53. The van der Waals surface area contributed by atoms with Crippen LogP contribution in [-0.4, -0.2) is 18.9 Å². The van der Waals surface area contributed by atoms with Crippen molar-refractivity contribution in [3.8, 4) is 5.75 Å². The number of carbonyl (C=O) groups excluding carboxylic acids is 2. The van der Waals surface area contributed by atoms with Gasteiger partial charge in [-0.25, -0.2) is 4.90 Å². The first-order valence-electron chi connectivity index (χ1n) is 10.0. The number of imide groups is 1. The first-order chi connectivity index (χ1) is 15.0. The van der Waals surface area contributed by atoms with E-state index in [0.717, 1.165) is 16.7 Å². The molecule has 0 unspecified atom stereocenters. The molecule has 0 radical (unpaired) electrons. The zero-order valence-corrected chi connectivity index (χ0v) is 18.5. The standard InChI is InChI=1S/C26H23NO3S/c1-17-13-18(2)15-20(14-17)27-25(28)23(21-11-7-8-12-22(21)30-3)24(26(27)29)31-16-19-9-5-4-6-10-19/h4-15H,16H2,1-3H3. The smallest absolute Gasteiger partial charge is 0.272 e. The average molecular weight is 430 g/mol. The minimum atomic E-state index is -0.324. The van der Waals surface area contributed by atoms with Crippen LogP contribution in [0, 0.1) is 13.8 Å². The zero-order valence-electron chi connectivity index (χ0n) is 17.7. The highest BCUT2D eigenvalue weighted by molar-refractivity contribution is 8.03. The Morgan fingerprint density at radius 1 is 0.839 bits per heavy atom. The van der Waals surface area contributed by atoms with Crippen molar-refractivity contribution in [2.24, 2.45) is 0 Å². The Kier molecular flexibility index (Phi) is 5.96. The maximum Gasteiger partial charge on any atom is 0.272 e. The maximum absolute atomic E-state index is 13.6. The van der Waals surface area contributed by atoms with E-state index in [1.807, 2.05) is 80.6 Å². The number of ether oxygens (including phenoxy) is 1. The molecule has 0 saturated carbocycles. The molecule has 0 saturated heterocycles. The van der Waals surface area contributed by atoms with Gasteiger partial charge in [0.05, 0.1) is 23.3 Å². The van der Waals surface area contributed by atoms with Crippen molar-refractivity contribution < 1.29 is 14.3 Å². The van der Waals surface area contributed by atoms with Crippen LogP contribution in [0.25, 0.3) is 5.57 Å². The quantitative estimate of drug-likeness (QED) is 0.484. The van der Waals surface area contributed by atoms with Crippen molar-refractivity contribution in [1.82, 2.24) is 0 Å². The van der Waals surface area contributed by atoms with Crippen molar-refractivity contribution in [2.45, 2.75) is 19.6 Å². The van der Waals surface area contributed by atoms with Gasteiger partial charge < -0.3 is 4.74 Å². The summed E-state index contributed by atoms with van der Waals surface area (Å²) in [5.74, 6) is 0.541. The molecule has 156 valence electrons. The molecule has 0 aromatic heterocycles. The summed E-state index contributed by atoms with van der Waals surface area (Å²) in [6.45, 7) is 3.92. The van der Waals surface area contributed by atoms with E-state index in [2.05, 4.69) is 0 Å². The van der Waals surface area contributed by atoms with Gasteiger partial charge in [0.2, 0.25) is 0 Å². The first kappa shape index (κ1) is 20.9. The number of hydrogen-bond donors (Lipinski definition) is 0. The number of para-hydroxylation sites is 1. The normalized spacial score (nSPS) is 13.8. The highest BCUT2D eigenvalue weighted by atomic mass is 32.2. The Balaban J connectivity index is 1.80. The fraction of sp³-hybridized carbons (Fsp3) is 0.154. The molecule has 1 aliphatic heterocycles. The summed E-state index contributed by atoms with van der Waals surface area (Å²) >= 11 is 1.39. The SMILES string of the molecule is COc1ccccc1C1=C(SCc2ccccc2)C(=O)N(c2cc(C)cc(C)c2)C1=O. The van der Waals surface area contributed by atoms with E-state index in [4.69, 9.17) is 4.74 Å². The number of carbonyl (C=O) groups is 2. The number of rotatable bonds is 6. The Hall–Kier alpha value is -3.31. The molecule has 3 aromatic rings. The molecule has 1 aliphatic rings. The number of hydrogen-bond acceptors (Lipinski definition) is 4.